The quantitative estimate of drug-likeness (QED) is 0.681. The van der Waals surface area contributed by atoms with Crippen LogP contribution in [0.3, 0.4) is 0 Å². The Kier molecular flexibility index (Phi) is 3.85. The van der Waals surface area contributed by atoms with Gasteiger partial charge in [-0.15, -0.1) is 0 Å². The predicted molar refractivity (Wildman–Crippen MR) is 58.7 cm³/mol. The molecule has 2 fully saturated rings. The molecule has 2 rings (SSSR count). The van der Waals surface area contributed by atoms with E-state index in [0.717, 1.165) is 58.0 Å². The van der Waals surface area contributed by atoms with Gasteiger partial charge in [-0.25, -0.2) is 0 Å². The molecule has 1 heterocycles. The Balaban J connectivity index is 2.15. The second-order valence-electron chi connectivity index (χ2n) is 5.19. The van der Waals surface area contributed by atoms with Gasteiger partial charge in [-0.2, -0.15) is 0 Å². The highest BCUT2D eigenvalue weighted by molar-refractivity contribution is 5.69. The number of rotatable bonds is 1. The lowest BCUT2D eigenvalue weighted by molar-refractivity contribution is -0.320. The largest absolute Gasteiger partial charge is 0.550 e. The molecule has 92 valence electrons. The summed E-state index contributed by atoms with van der Waals surface area (Å²) in [7, 11) is 0. The van der Waals surface area contributed by atoms with Gasteiger partial charge >= 0.3 is 0 Å². The molecule has 0 N–H and O–H groups in total. The molecule has 1 unspecified atom stereocenters. The molecule has 0 aromatic rings. The molecule has 0 amide bonds. The maximum Gasteiger partial charge on any atom is 0.0762 e. The van der Waals surface area contributed by atoms with Gasteiger partial charge in [0.05, 0.1) is 5.60 Å². The first kappa shape index (κ1) is 11.9. The molecular formula is C13H21O3-. The third-order valence-corrected chi connectivity index (χ3v) is 4.15. The van der Waals surface area contributed by atoms with Crippen molar-refractivity contribution in [2.24, 2.45) is 5.92 Å². The molecule has 0 bridgehead atoms. The van der Waals surface area contributed by atoms with Crippen LogP contribution in [0.4, 0.5) is 0 Å². The summed E-state index contributed by atoms with van der Waals surface area (Å²) in [5.74, 6) is -1.28. The lowest BCUT2D eigenvalue weighted by atomic mass is 9.73. The number of hydrogen-bond acceptors (Lipinski definition) is 3. The van der Waals surface area contributed by atoms with Crippen molar-refractivity contribution in [2.45, 2.75) is 63.4 Å². The zero-order chi connectivity index (χ0) is 11.4. The molecule has 1 spiro atoms. The summed E-state index contributed by atoms with van der Waals surface area (Å²) < 4.78 is 5.96. The van der Waals surface area contributed by atoms with Crippen molar-refractivity contribution in [1.29, 1.82) is 0 Å². The second kappa shape index (κ2) is 5.17. The molecule has 1 aliphatic heterocycles. The third-order valence-electron chi connectivity index (χ3n) is 4.15. The SMILES string of the molecule is O=C([O-])C1CCCCCOC12CCCCC2. The summed E-state index contributed by atoms with van der Waals surface area (Å²) in [4.78, 5) is 11.3. The van der Waals surface area contributed by atoms with E-state index in [1.54, 1.807) is 0 Å². The summed E-state index contributed by atoms with van der Waals surface area (Å²) in [6.07, 6.45) is 9.13. The Labute approximate surface area is 97.2 Å². The van der Waals surface area contributed by atoms with Crippen molar-refractivity contribution in [2.75, 3.05) is 6.61 Å². The van der Waals surface area contributed by atoms with E-state index in [0.29, 0.717) is 0 Å². The maximum absolute atomic E-state index is 11.3. The number of aliphatic carboxylic acids is 1. The number of carboxylic acid groups (broad SMARTS) is 1. The van der Waals surface area contributed by atoms with Gasteiger partial charge in [-0.05, 0) is 25.7 Å². The first-order valence-corrected chi connectivity index (χ1v) is 6.59. The number of carbonyl (C=O) groups is 1. The van der Waals surface area contributed by atoms with Crippen LogP contribution in [0.5, 0.6) is 0 Å². The highest BCUT2D eigenvalue weighted by atomic mass is 16.5. The zero-order valence-corrected chi connectivity index (χ0v) is 9.87. The van der Waals surface area contributed by atoms with Crippen LogP contribution in [0.25, 0.3) is 0 Å². The van der Waals surface area contributed by atoms with Gasteiger partial charge in [-0.3, -0.25) is 0 Å². The monoisotopic (exact) mass is 225 g/mol. The Morgan fingerprint density at radius 1 is 1.06 bits per heavy atom. The van der Waals surface area contributed by atoms with Gasteiger partial charge in [0.25, 0.3) is 0 Å². The van der Waals surface area contributed by atoms with Crippen LogP contribution in [0.2, 0.25) is 0 Å². The van der Waals surface area contributed by atoms with Crippen LogP contribution in [0.1, 0.15) is 57.8 Å². The number of carbonyl (C=O) groups excluding carboxylic acids is 1. The number of carboxylic acids is 1. The summed E-state index contributed by atoms with van der Waals surface area (Å²) in [6.45, 7) is 0.726. The van der Waals surface area contributed by atoms with E-state index in [1.807, 2.05) is 0 Å². The Morgan fingerprint density at radius 3 is 2.44 bits per heavy atom. The minimum absolute atomic E-state index is 0.381. The fourth-order valence-corrected chi connectivity index (χ4v) is 3.24. The minimum Gasteiger partial charge on any atom is -0.550 e. The predicted octanol–water partition coefficient (Wildman–Crippen LogP) is 1.65. The van der Waals surface area contributed by atoms with Crippen LogP contribution in [-0.2, 0) is 9.53 Å². The summed E-state index contributed by atoms with van der Waals surface area (Å²) in [5.41, 5.74) is -0.391. The first-order chi connectivity index (χ1) is 7.75. The van der Waals surface area contributed by atoms with Crippen LogP contribution >= 0.6 is 0 Å². The molecular weight excluding hydrogens is 204 g/mol. The molecule has 0 radical (unpaired) electrons. The van der Waals surface area contributed by atoms with Gasteiger partial charge in [0.15, 0.2) is 0 Å². The molecule has 3 heteroatoms. The molecule has 1 atom stereocenters. The van der Waals surface area contributed by atoms with Crippen molar-refractivity contribution in [3.05, 3.63) is 0 Å². The maximum atomic E-state index is 11.3. The first-order valence-electron chi connectivity index (χ1n) is 6.59. The molecule has 1 saturated heterocycles. The van der Waals surface area contributed by atoms with E-state index in [1.165, 1.54) is 6.42 Å². The average molecular weight is 225 g/mol. The summed E-state index contributed by atoms with van der Waals surface area (Å²) in [5, 5.41) is 11.3. The number of hydrogen-bond donors (Lipinski definition) is 0. The Hall–Kier alpha value is -0.570. The highest BCUT2D eigenvalue weighted by Gasteiger charge is 2.41. The average Bonchev–Trinajstić information content (AvgIpc) is 2.25. The Morgan fingerprint density at radius 2 is 1.75 bits per heavy atom. The van der Waals surface area contributed by atoms with Gasteiger partial charge < -0.3 is 14.6 Å². The van der Waals surface area contributed by atoms with E-state index in [9.17, 15) is 9.90 Å². The lowest BCUT2D eigenvalue weighted by Crippen LogP contribution is -2.51. The molecule has 0 aromatic heterocycles. The van der Waals surface area contributed by atoms with Gasteiger partial charge in [0.1, 0.15) is 0 Å². The Bertz CT molecular complexity index is 244. The summed E-state index contributed by atoms with van der Waals surface area (Å²) >= 11 is 0. The van der Waals surface area contributed by atoms with Crippen LogP contribution in [0, 0.1) is 5.92 Å². The molecule has 1 saturated carbocycles. The molecule has 0 aromatic carbocycles. The van der Waals surface area contributed by atoms with Crippen molar-refractivity contribution >= 4 is 5.97 Å². The number of ether oxygens (including phenoxy) is 1. The van der Waals surface area contributed by atoms with Gasteiger partial charge in [0, 0.05) is 18.5 Å². The molecule has 16 heavy (non-hydrogen) atoms. The van der Waals surface area contributed by atoms with E-state index < -0.39 is 11.6 Å². The van der Waals surface area contributed by atoms with E-state index in [2.05, 4.69) is 0 Å². The zero-order valence-electron chi connectivity index (χ0n) is 9.87. The molecule has 3 nitrogen and oxygen atoms in total. The summed E-state index contributed by atoms with van der Waals surface area (Å²) in [6, 6.07) is 0. The van der Waals surface area contributed by atoms with Crippen LogP contribution < -0.4 is 5.11 Å². The lowest BCUT2D eigenvalue weighted by Gasteiger charge is -2.45. The van der Waals surface area contributed by atoms with E-state index in [-0.39, 0.29) is 5.92 Å². The van der Waals surface area contributed by atoms with Crippen LogP contribution in [-0.4, -0.2) is 18.2 Å². The molecule has 1 aliphatic carbocycles. The van der Waals surface area contributed by atoms with Crippen molar-refractivity contribution in [3.8, 4) is 0 Å². The van der Waals surface area contributed by atoms with Crippen molar-refractivity contribution in [1.82, 2.24) is 0 Å². The normalized spacial score (nSPS) is 30.6. The fourth-order valence-electron chi connectivity index (χ4n) is 3.24. The van der Waals surface area contributed by atoms with Crippen LogP contribution in [0.15, 0.2) is 0 Å². The highest BCUT2D eigenvalue weighted by Crippen LogP contribution is 2.41. The van der Waals surface area contributed by atoms with E-state index >= 15 is 0 Å². The second-order valence-corrected chi connectivity index (χ2v) is 5.19. The van der Waals surface area contributed by atoms with Crippen molar-refractivity contribution in [3.63, 3.8) is 0 Å². The fraction of sp³-hybridized carbons (Fsp3) is 0.923. The standard InChI is InChI=1S/C13H22O3/c14-12(15)11-7-3-1-6-10-16-13(11)8-4-2-5-9-13/h11H,1-10H2,(H,14,15)/p-1. The topological polar surface area (TPSA) is 49.4 Å². The van der Waals surface area contributed by atoms with Crippen molar-refractivity contribution < 1.29 is 14.6 Å². The molecule has 2 aliphatic rings. The van der Waals surface area contributed by atoms with Gasteiger partial charge in [0.2, 0.25) is 0 Å². The van der Waals surface area contributed by atoms with Gasteiger partial charge in [-0.1, -0.05) is 32.1 Å². The minimum atomic E-state index is -0.899. The smallest absolute Gasteiger partial charge is 0.0762 e. The third kappa shape index (κ3) is 2.40. The van der Waals surface area contributed by atoms with E-state index in [4.69, 9.17) is 4.74 Å².